The highest BCUT2D eigenvalue weighted by Crippen LogP contribution is 2.53. The SMILES string of the molecule is CC(=C/C=C/C(=O)O)/C=C/C=C(\C)C(O)C(C)C(=O)O[C@H]1C[C@H](C)C=C2C=C[C@@](C)(O)[C@](C)(C(=O)CCO)[C@H]21. The van der Waals surface area contributed by atoms with E-state index in [4.69, 9.17) is 9.84 Å². The van der Waals surface area contributed by atoms with Crippen molar-refractivity contribution in [3.63, 3.8) is 0 Å². The van der Waals surface area contributed by atoms with Crippen LogP contribution in [0.15, 0.2) is 71.4 Å². The van der Waals surface area contributed by atoms with Crippen LogP contribution >= 0.6 is 0 Å². The lowest BCUT2D eigenvalue weighted by Crippen LogP contribution is -2.59. The lowest BCUT2D eigenvalue weighted by Gasteiger charge is -2.52. The van der Waals surface area contributed by atoms with Crippen LogP contribution in [0.4, 0.5) is 0 Å². The molecule has 0 radical (unpaired) electrons. The minimum atomic E-state index is -1.51. The first-order chi connectivity index (χ1) is 18.1. The minimum Gasteiger partial charge on any atom is -0.478 e. The van der Waals surface area contributed by atoms with Gasteiger partial charge in [-0.05, 0) is 58.1 Å². The summed E-state index contributed by atoms with van der Waals surface area (Å²) in [6.07, 6.45) is 13.1. The summed E-state index contributed by atoms with van der Waals surface area (Å²) in [6.45, 7) is 9.93. The van der Waals surface area contributed by atoms with Crippen molar-refractivity contribution in [2.45, 2.75) is 72.2 Å². The summed E-state index contributed by atoms with van der Waals surface area (Å²) in [6, 6.07) is 0. The molecule has 0 aromatic heterocycles. The summed E-state index contributed by atoms with van der Waals surface area (Å²) in [4.78, 5) is 37.1. The van der Waals surface area contributed by atoms with Crippen LogP contribution < -0.4 is 0 Å². The lowest BCUT2D eigenvalue weighted by atomic mass is 9.54. The zero-order valence-electron chi connectivity index (χ0n) is 23.6. The fourth-order valence-corrected chi connectivity index (χ4v) is 5.33. The van der Waals surface area contributed by atoms with Crippen molar-refractivity contribution in [1.82, 2.24) is 0 Å². The third-order valence-electron chi connectivity index (χ3n) is 7.90. The number of rotatable bonds is 11. The van der Waals surface area contributed by atoms with Crippen molar-refractivity contribution in [2.24, 2.45) is 23.2 Å². The van der Waals surface area contributed by atoms with Gasteiger partial charge in [0.1, 0.15) is 11.9 Å². The van der Waals surface area contributed by atoms with Gasteiger partial charge in [0.15, 0.2) is 0 Å². The minimum absolute atomic E-state index is 0.0626. The van der Waals surface area contributed by atoms with Crippen LogP contribution in [0.2, 0.25) is 0 Å². The molecule has 0 heterocycles. The number of aliphatic hydroxyl groups is 3. The molecule has 0 fully saturated rings. The van der Waals surface area contributed by atoms with Crippen molar-refractivity contribution in [1.29, 1.82) is 0 Å². The number of carbonyl (C=O) groups is 3. The van der Waals surface area contributed by atoms with E-state index in [1.165, 1.54) is 6.08 Å². The monoisotopic (exact) mass is 542 g/mol. The highest BCUT2D eigenvalue weighted by molar-refractivity contribution is 5.88. The van der Waals surface area contributed by atoms with Gasteiger partial charge in [-0.15, -0.1) is 0 Å². The largest absolute Gasteiger partial charge is 0.478 e. The molecule has 0 saturated heterocycles. The second-order valence-corrected chi connectivity index (χ2v) is 11.0. The Hall–Kier alpha value is -3.07. The number of ketones is 1. The summed E-state index contributed by atoms with van der Waals surface area (Å²) in [5, 5.41) is 40.2. The van der Waals surface area contributed by atoms with E-state index in [1.807, 2.05) is 13.0 Å². The maximum Gasteiger partial charge on any atom is 0.328 e. The van der Waals surface area contributed by atoms with Gasteiger partial charge in [-0.25, -0.2) is 4.79 Å². The van der Waals surface area contributed by atoms with Gasteiger partial charge in [0.25, 0.3) is 0 Å². The summed E-state index contributed by atoms with van der Waals surface area (Å²) in [5.74, 6) is -3.40. The highest BCUT2D eigenvalue weighted by Gasteiger charge is 2.59. The molecule has 2 rings (SSSR count). The molecule has 214 valence electrons. The topological polar surface area (TPSA) is 141 Å². The number of ether oxygens (including phenoxy) is 1. The van der Waals surface area contributed by atoms with Crippen molar-refractivity contribution in [2.75, 3.05) is 6.61 Å². The molecule has 0 aliphatic heterocycles. The molecule has 0 saturated carbocycles. The fourth-order valence-electron chi connectivity index (χ4n) is 5.33. The summed E-state index contributed by atoms with van der Waals surface area (Å²) in [7, 11) is 0. The van der Waals surface area contributed by atoms with Crippen molar-refractivity contribution in [3.8, 4) is 0 Å². The quantitative estimate of drug-likeness (QED) is 0.175. The van der Waals surface area contributed by atoms with Gasteiger partial charge in [-0.3, -0.25) is 9.59 Å². The summed E-state index contributed by atoms with van der Waals surface area (Å²) >= 11 is 0. The Balaban J connectivity index is 2.24. The van der Waals surface area contributed by atoms with E-state index in [0.717, 1.165) is 17.2 Å². The molecular formula is C31H42O8. The standard InChI is InChI=1S/C31H42O8/c1-19(10-8-12-26(34)35)9-7-11-21(3)28(36)22(4)29(37)39-24-18-20(2)17-23-13-15-30(5,38)31(6,27(23)24)25(33)14-16-32/h7-13,15,17,20,22,24,27-28,32,36,38H,14,16,18H2,1-6H3,(H,34,35)/b9-7+,12-8+,19-10-,21-11+/t20-,22?,24+,27-,28?,30-,31-/m1/s1. The third kappa shape index (κ3) is 7.53. The molecular weight excluding hydrogens is 500 g/mol. The predicted molar refractivity (Wildman–Crippen MR) is 148 cm³/mol. The highest BCUT2D eigenvalue weighted by atomic mass is 16.5. The first-order valence-corrected chi connectivity index (χ1v) is 13.2. The van der Waals surface area contributed by atoms with Crippen molar-refractivity contribution >= 4 is 17.7 Å². The third-order valence-corrected chi connectivity index (χ3v) is 7.90. The number of allylic oxidation sites excluding steroid dienone is 8. The number of Topliss-reactive ketones (excluding diaryl/α,β-unsaturated/α-hetero) is 1. The van der Waals surface area contributed by atoms with E-state index in [0.29, 0.717) is 12.0 Å². The van der Waals surface area contributed by atoms with Crippen LogP contribution in [-0.4, -0.2) is 62.6 Å². The Bertz CT molecular complexity index is 1120. The van der Waals surface area contributed by atoms with Crippen LogP contribution in [-0.2, 0) is 19.1 Å². The van der Waals surface area contributed by atoms with E-state index in [9.17, 15) is 29.7 Å². The number of carboxylic acid groups (broad SMARTS) is 1. The molecule has 2 aliphatic rings. The average molecular weight is 543 g/mol. The number of aliphatic carboxylic acids is 1. The zero-order chi connectivity index (χ0) is 29.5. The summed E-state index contributed by atoms with van der Waals surface area (Å²) < 4.78 is 5.98. The first-order valence-electron chi connectivity index (χ1n) is 13.2. The molecule has 39 heavy (non-hydrogen) atoms. The molecule has 0 aromatic carbocycles. The van der Waals surface area contributed by atoms with E-state index in [2.05, 4.69) is 0 Å². The van der Waals surface area contributed by atoms with Crippen LogP contribution in [0.3, 0.4) is 0 Å². The second kappa shape index (κ2) is 13.3. The van der Waals surface area contributed by atoms with Gasteiger partial charge >= 0.3 is 11.9 Å². The van der Waals surface area contributed by atoms with Gasteiger partial charge in [0.05, 0.1) is 23.0 Å². The smallest absolute Gasteiger partial charge is 0.328 e. The molecule has 0 aromatic rings. The van der Waals surface area contributed by atoms with E-state index < -0.39 is 47.0 Å². The van der Waals surface area contributed by atoms with E-state index in [1.54, 1.807) is 71.1 Å². The van der Waals surface area contributed by atoms with Crippen LogP contribution in [0, 0.1) is 23.2 Å². The molecule has 8 nitrogen and oxygen atoms in total. The second-order valence-electron chi connectivity index (χ2n) is 11.0. The predicted octanol–water partition coefficient (Wildman–Crippen LogP) is 3.85. The van der Waals surface area contributed by atoms with Crippen LogP contribution in [0.25, 0.3) is 0 Å². The molecule has 2 aliphatic carbocycles. The number of carbonyl (C=O) groups excluding carboxylic acids is 2. The Labute approximate surface area is 230 Å². The number of esters is 1. The molecule has 0 bridgehead atoms. The molecule has 0 spiro atoms. The van der Waals surface area contributed by atoms with Gasteiger partial charge in [-0.2, -0.15) is 0 Å². The van der Waals surface area contributed by atoms with Crippen LogP contribution in [0.1, 0.15) is 54.4 Å². The number of carboxylic acids is 1. The Morgan fingerprint density at radius 3 is 2.41 bits per heavy atom. The number of hydrogen-bond acceptors (Lipinski definition) is 7. The Morgan fingerprint density at radius 2 is 1.79 bits per heavy atom. The van der Waals surface area contributed by atoms with Gasteiger partial charge in [0.2, 0.25) is 0 Å². The molecule has 4 N–H and O–H groups in total. The maximum absolute atomic E-state index is 13.3. The van der Waals surface area contributed by atoms with Crippen molar-refractivity contribution in [3.05, 3.63) is 71.4 Å². The summed E-state index contributed by atoms with van der Waals surface area (Å²) in [5.41, 5.74) is -0.699. The zero-order valence-corrected chi connectivity index (χ0v) is 23.6. The van der Waals surface area contributed by atoms with Gasteiger partial charge in [-0.1, -0.05) is 61.1 Å². The fraction of sp³-hybridized carbons (Fsp3) is 0.516. The number of fused-ring (bicyclic) bond motifs is 1. The number of aliphatic hydroxyl groups excluding tert-OH is 2. The normalized spacial score (nSPS) is 31.1. The maximum atomic E-state index is 13.3. The van der Waals surface area contributed by atoms with Crippen LogP contribution in [0.5, 0.6) is 0 Å². The average Bonchev–Trinajstić information content (AvgIpc) is 2.85. The molecule has 7 atom stereocenters. The molecule has 0 amide bonds. The lowest BCUT2D eigenvalue weighted by molar-refractivity contribution is -0.172. The molecule has 8 heteroatoms. The van der Waals surface area contributed by atoms with E-state index >= 15 is 0 Å². The Morgan fingerprint density at radius 1 is 1.15 bits per heavy atom. The first kappa shape index (κ1) is 32.1. The van der Waals surface area contributed by atoms with Crippen molar-refractivity contribution < 1.29 is 39.5 Å². The number of hydrogen-bond donors (Lipinski definition) is 4. The Kier molecular flexibility index (Phi) is 11.0. The van der Waals surface area contributed by atoms with Gasteiger partial charge in [0, 0.05) is 25.0 Å². The van der Waals surface area contributed by atoms with Gasteiger partial charge < -0.3 is 25.2 Å². The molecule has 2 unspecified atom stereocenters. The van der Waals surface area contributed by atoms with E-state index in [-0.39, 0.29) is 24.7 Å².